The topological polar surface area (TPSA) is 33.2 Å². The van der Waals surface area contributed by atoms with Crippen LogP contribution >= 0.6 is 0 Å². The van der Waals surface area contributed by atoms with E-state index in [0.717, 1.165) is 12.8 Å². The molecule has 1 aliphatic rings. The van der Waals surface area contributed by atoms with Crippen molar-refractivity contribution in [3.05, 3.63) is 29.8 Å². The van der Waals surface area contributed by atoms with Crippen molar-refractivity contribution in [1.29, 1.82) is 0 Å². The number of hydrogen-bond donors (Lipinski definition) is 0. The van der Waals surface area contributed by atoms with Gasteiger partial charge in [0, 0.05) is 18.8 Å². The van der Waals surface area contributed by atoms with Gasteiger partial charge in [0.25, 0.3) is 5.91 Å². The third-order valence-corrected chi connectivity index (χ3v) is 3.34. The minimum atomic E-state index is -0.550. The van der Waals surface area contributed by atoms with Crippen molar-refractivity contribution in [3.63, 3.8) is 0 Å². The van der Waals surface area contributed by atoms with Crippen LogP contribution in [0.3, 0.4) is 0 Å². The van der Waals surface area contributed by atoms with E-state index in [0.29, 0.717) is 18.2 Å². The van der Waals surface area contributed by atoms with Gasteiger partial charge in [0.2, 0.25) is 5.95 Å². The Morgan fingerprint density at radius 2 is 2.18 bits per heavy atom. The lowest BCUT2D eigenvalue weighted by Gasteiger charge is -2.27. The first-order valence-corrected chi connectivity index (χ1v) is 6.15. The summed E-state index contributed by atoms with van der Waals surface area (Å²) >= 11 is 0. The van der Waals surface area contributed by atoms with E-state index in [1.54, 1.807) is 0 Å². The van der Waals surface area contributed by atoms with E-state index in [4.69, 9.17) is 0 Å². The number of pyridine rings is 1. The number of rotatable bonds is 3. The maximum atomic E-state index is 12.7. The largest absolute Gasteiger partial charge is 0.336 e. The van der Waals surface area contributed by atoms with E-state index in [1.807, 2.05) is 11.8 Å². The minimum absolute atomic E-state index is 0.0353. The summed E-state index contributed by atoms with van der Waals surface area (Å²) in [5.74, 6) is -0.586. The lowest BCUT2D eigenvalue weighted by atomic mass is 10.1. The Morgan fingerprint density at radius 3 is 2.71 bits per heavy atom. The van der Waals surface area contributed by atoms with Gasteiger partial charge in [-0.1, -0.05) is 12.8 Å². The summed E-state index contributed by atoms with van der Waals surface area (Å²) in [6, 6.07) is 3.08. The van der Waals surface area contributed by atoms with Crippen molar-refractivity contribution in [3.8, 4) is 0 Å². The van der Waals surface area contributed by atoms with Crippen LogP contribution in [0.15, 0.2) is 18.3 Å². The molecule has 1 fully saturated rings. The molecule has 1 aromatic rings. The zero-order valence-electron chi connectivity index (χ0n) is 10.0. The summed E-state index contributed by atoms with van der Waals surface area (Å²) in [6.07, 6.45) is 5.85. The number of nitrogens with zero attached hydrogens (tertiary/aromatic N) is 2. The normalized spacial score (nSPS) is 16.1. The van der Waals surface area contributed by atoms with Gasteiger partial charge in [0.05, 0.1) is 5.56 Å². The Morgan fingerprint density at radius 1 is 1.47 bits per heavy atom. The molecular formula is C13H17FN2O. The zero-order valence-corrected chi connectivity index (χ0v) is 10.0. The van der Waals surface area contributed by atoms with Crippen molar-refractivity contribution in [2.45, 2.75) is 38.6 Å². The Bertz CT molecular complexity index is 385. The number of hydrogen-bond acceptors (Lipinski definition) is 2. The molecule has 1 aromatic heterocycles. The van der Waals surface area contributed by atoms with Gasteiger partial charge < -0.3 is 4.90 Å². The first-order valence-electron chi connectivity index (χ1n) is 6.15. The fourth-order valence-corrected chi connectivity index (χ4v) is 2.45. The van der Waals surface area contributed by atoms with Gasteiger partial charge in [0.1, 0.15) is 0 Å². The van der Waals surface area contributed by atoms with Crippen LogP contribution in [0.25, 0.3) is 0 Å². The highest BCUT2D eigenvalue weighted by Gasteiger charge is 2.26. The molecule has 0 aliphatic heterocycles. The summed E-state index contributed by atoms with van der Waals surface area (Å²) in [4.78, 5) is 17.6. The molecule has 0 unspecified atom stereocenters. The van der Waals surface area contributed by atoms with E-state index in [2.05, 4.69) is 4.98 Å². The van der Waals surface area contributed by atoms with Crippen molar-refractivity contribution >= 4 is 5.91 Å². The second-order valence-electron chi connectivity index (χ2n) is 4.40. The van der Waals surface area contributed by atoms with Crippen LogP contribution < -0.4 is 0 Å². The molecule has 1 aliphatic carbocycles. The quantitative estimate of drug-likeness (QED) is 0.756. The maximum Gasteiger partial charge on any atom is 0.255 e. The Balaban J connectivity index is 2.13. The van der Waals surface area contributed by atoms with Crippen LogP contribution in [-0.2, 0) is 0 Å². The van der Waals surface area contributed by atoms with Gasteiger partial charge in [-0.05, 0) is 31.9 Å². The van der Waals surface area contributed by atoms with Gasteiger partial charge in [-0.2, -0.15) is 4.39 Å². The number of halogens is 1. The van der Waals surface area contributed by atoms with Gasteiger partial charge >= 0.3 is 0 Å². The fraction of sp³-hybridized carbons (Fsp3) is 0.538. The molecular weight excluding hydrogens is 219 g/mol. The van der Waals surface area contributed by atoms with Crippen molar-refractivity contribution < 1.29 is 9.18 Å². The lowest BCUT2D eigenvalue weighted by Crippen LogP contribution is -2.38. The van der Waals surface area contributed by atoms with Crippen LogP contribution in [0.2, 0.25) is 0 Å². The second kappa shape index (κ2) is 5.25. The van der Waals surface area contributed by atoms with Crippen LogP contribution in [0.5, 0.6) is 0 Å². The van der Waals surface area contributed by atoms with Crippen molar-refractivity contribution in [2.24, 2.45) is 0 Å². The summed E-state index contributed by atoms with van der Waals surface area (Å²) in [6.45, 7) is 2.67. The maximum absolute atomic E-state index is 12.7. The van der Waals surface area contributed by atoms with E-state index < -0.39 is 5.95 Å². The Kier molecular flexibility index (Phi) is 3.71. The highest BCUT2D eigenvalue weighted by Crippen LogP contribution is 2.24. The van der Waals surface area contributed by atoms with Crippen LogP contribution in [0.1, 0.15) is 43.0 Å². The molecule has 92 valence electrons. The summed E-state index contributed by atoms with van der Waals surface area (Å²) in [7, 11) is 0. The molecule has 0 atom stereocenters. The first-order chi connectivity index (χ1) is 8.22. The zero-order chi connectivity index (χ0) is 12.3. The Labute approximate surface area is 101 Å². The molecule has 4 heteroatoms. The molecule has 1 amide bonds. The lowest BCUT2D eigenvalue weighted by molar-refractivity contribution is 0.0693. The summed E-state index contributed by atoms with van der Waals surface area (Å²) < 4.78 is 12.7. The highest BCUT2D eigenvalue weighted by molar-refractivity contribution is 5.94. The number of amides is 1. The molecule has 0 N–H and O–H groups in total. The number of aromatic nitrogens is 1. The summed E-state index contributed by atoms with van der Waals surface area (Å²) in [5, 5.41) is 0. The van der Waals surface area contributed by atoms with Crippen molar-refractivity contribution in [1.82, 2.24) is 9.88 Å². The first kappa shape index (κ1) is 12.0. The molecule has 0 bridgehead atoms. The minimum Gasteiger partial charge on any atom is -0.336 e. The van der Waals surface area contributed by atoms with Gasteiger partial charge in [-0.15, -0.1) is 0 Å². The molecule has 0 aromatic carbocycles. The van der Waals surface area contributed by atoms with Crippen molar-refractivity contribution in [2.75, 3.05) is 6.54 Å². The summed E-state index contributed by atoms with van der Waals surface area (Å²) in [5.41, 5.74) is 0.472. The predicted molar refractivity (Wildman–Crippen MR) is 63.2 cm³/mol. The van der Waals surface area contributed by atoms with Gasteiger partial charge in [-0.25, -0.2) is 4.98 Å². The smallest absolute Gasteiger partial charge is 0.255 e. The van der Waals surface area contributed by atoms with Crippen LogP contribution in [-0.4, -0.2) is 28.4 Å². The van der Waals surface area contributed by atoms with E-state index in [9.17, 15) is 9.18 Å². The Hall–Kier alpha value is -1.45. The molecule has 2 rings (SSSR count). The van der Waals surface area contributed by atoms with E-state index >= 15 is 0 Å². The van der Waals surface area contributed by atoms with Crippen LogP contribution in [0.4, 0.5) is 4.39 Å². The third-order valence-electron chi connectivity index (χ3n) is 3.34. The molecule has 1 heterocycles. The molecule has 1 saturated carbocycles. The number of carbonyl (C=O) groups is 1. The van der Waals surface area contributed by atoms with Crippen LogP contribution in [0, 0.1) is 5.95 Å². The molecule has 0 saturated heterocycles. The fourth-order valence-electron chi connectivity index (χ4n) is 2.45. The third kappa shape index (κ3) is 2.62. The molecule has 0 radical (unpaired) electrons. The molecule has 0 spiro atoms. The SMILES string of the molecule is CCN(C(=O)c1ccc(F)nc1)C1CCCC1. The monoisotopic (exact) mass is 236 g/mol. The van der Waals surface area contributed by atoms with E-state index in [-0.39, 0.29) is 5.91 Å². The highest BCUT2D eigenvalue weighted by atomic mass is 19.1. The standard InChI is InChI=1S/C13H17FN2O/c1-2-16(11-5-3-4-6-11)13(17)10-7-8-12(14)15-9-10/h7-9,11H,2-6H2,1H3. The average molecular weight is 236 g/mol. The van der Waals surface area contributed by atoms with Gasteiger partial charge in [0.15, 0.2) is 0 Å². The molecule has 3 nitrogen and oxygen atoms in total. The predicted octanol–water partition coefficient (Wildman–Crippen LogP) is 2.63. The average Bonchev–Trinajstić information content (AvgIpc) is 2.84. The molecule has 17 heavy (non-hydrogen) atoms. The van der Waals surface area contributed by atoms with E-state index in [1.165, 1.54) is 31.2 Å². The van der Waals surface area contributed by atoms with Gasteiger partial charge in [-0.3, -0.25) is 4.79 Å². The second-order valence-corrected chi connectivity index (χ2v) is 4.40. The number of carbonyl (C=O) groups excluding carboxylic acids is 1.